The molecule has 1 aromatic carbocycles. The molecule has 6 heteroatoms. The van der Waals surface area contributed by atoms with Gasteiger partial charge in [-0.3, -0.25) is 19.3 Å². The molecular formula is C14H18N3O3+. The molecular weight excluding hydrogens is 258 g/mol. The monoisotopic (exact) mass is 276 g/mol. The Hall–Kier alpha value is -2.21. The highest BCUT2D eigenvalue weighted by molar-refractivity contribution is 6.04. The number of hydrogen-bond donors (Lipinski definition) is 2. The van der Waals surface area contributed by atoms with Gasteiger partial charge in [-0.15, -0.1) is 0 Å². The average molecular weight is 276 g/mol. The van der Waals surface area contributed by atoms with Crippen molar-refractivity contribution < 1.29 is 19.7 Å². The number of likely N-dealkylation sites (tertiary alicyclic amines) is 1. The van der Waals surface area contributed by atoms with Crippen molar-refractivity contribution in [1.29, 1.82) is 0 Å². The van der Waals surface area contributed by atoms with Gasteiger partial charge in [0.15, 0.2) is 12.6 Å². The van der Waals surface area contributed by atoms with Gasteiger partial charge in [-0.05, 0) is 12.0 Å². The Kier molecular flexibility index (Phi) is 4.47. The van der Waals surface area contributed by atoms with E-state index in [0.717, 1.165) is 5.56 Å². The van der Waals surface area contributed by atoms with Crippen LogP contribution in [0, 0.1) is 0 Å². The van der Waals surface area contributed by atoms with Gasteiger partial charge in [-0.25, -0.2) is 0 Å². The van der Waals surface area contributed by atoms with Gasteiger partial charge in [0.25, 0.3) is 11.8 Å². The lowest BCUT2D eigenvalue weighted by atomic mass is 10.1. The van der Waals surface area contributed by atoms with E-state index >= 15 is 0 Å². The molecule has 0 bridgehead atoms. The zero-order chi connectivity index (χ0) is 14.5. The number of rotatable bonds is 6. The van der Waals surface area contributed by atoms with Crippen molar-refractivity contribution in [2.45, 2.75) is 18.9 Å². The Bertz CT molecular complexity index is 516. The third kappa shape index (κ3) is 3.42. The lowest BCUT2D eigenvalue weighted by Crippen LogP contribution is -2.93. The molecule has 1 saturated heterocycles. The number of quaternary nitrogens is 1. The molecule has 20 heavy (non-hydrogen) atoms. The molecule has 1 aliphatic heterocycles. The maximum atomic E-state index is 12.1. The summed E-state index contributed by atoms with van der Waals surface area (Å²) < 4.78 is 0. The van der Waals surface area contributed by atoms with Crippen LogP contribution in [0.1, 0.15) is 12.0 Å². The van der Waals surface area contributed by atoms with Crippen molar-refractivity contribution in [3.63, 3.8) is 0 Å². The molecule has 1 heterocycles. The van der Waals surface area contributed by atoms with Crippen molar-refractivity contribution in [1.82, 2.24) is 4.90 Å². The number of nitrogens with zero attached hydrogens (tertiary/aromatic N) is 1. The van der Waals surface area contributed by atoms with E-state index in [0.29, 0.717) is 13.0 Å². The molecule has 4 N–H and O–H groups in total. The minimum absolute atomic E-state index is 0.0240. The maximum Gasteiger partial charge on any atom is 0.287 e. The van der Waals surface area contributed by atoms with Crippen molar-refractivity contribution in [3.05, 3.63) is 35.9 Å². The van der Waals surface area contributed by atoms with E-state index in [1.807, 2.05) is 30.3 Å². The van der Waals surface area contributed by atoms with Crippen LogP contribution in [0.3, 0.4) is 0 Å². The molecule has 0 aromatic heterocycles. The predicted molar refractivity (Wildman–Crippen MR) is 71.3 cm³/mol. The first-order chi connectivity index (χ1) is 9.58. The highest BCUT2D eigenvalue weighted by atomic mass is 16.2. The highest BCUT2D eigenvalue weighted by Gasteiger charge is 2.40. The minimum Gasteiger partial charge on any atom is -0.365 e. The smallest absolute Gasteiger partial charge is 0.287 e. The normalized spacial score (nSPS) is 18.6. The zero-order valence-electron chi connectivity index (χ0n) is 11.1. The van der Waals surface area contributed by atoms with E-state index in [1.165, 1.54) is 10.2 Å². The zero-order valence-corrected chi connectivity index (χ0v) is 11.1. The Morgan fingerprint density at radius 3 is 2.65 bits per heavy atom. The predicted octanol–water partition coefficient (Wildman–Crippen LogP) is -1.59. The van der Waals surface area contributed by atoms with Crippen LogP contribution in [0.15, 0.2) is 30.3 Å². The number of primary amides is 1. The number of amides is 3. The molecule has 1 fully saturated rings. The first kappa shape index (κ1) is 14.2. The molecule has 3 amide bonds. The summed E-state index contributed by atoms with van der Waals surface area (Å²) in [6.45, 7) is 0.402. The van der Waals surface area contributed by atoms with Crippen LogP contribution in [-0.2, 0) is 20.8 Å². The Morgan fingerprint density at radius 1 is 1.30 bits per heavy atom. The van der Waals surface area contributed by atoms with Gasteiger partial charge in [-0.1, -0.05) is 30.3 Å². The van der Waals surface area contributed by atoms with Crippen LogP contribution in [0.25, 0.3) is 0 Å². The topological polar surface area (TPSA) is 97.1 Å². The minimum atomic E-state index is -0.509. The molecule has 0 unspecified atom stereocenters. The van der Waals surface area contributed by atoms with Crippen molar-refractivity contribution in [2.24, 2.45) is 5.73 Å². The van der Waals surface area contributed by atoms with Crippen LogP contribution in [0.5, 0.6) is 0 Å². The number of carbonyl (C=O) groups excluding carboxylic acids is 3. The van der Waals surface area contributed by atoms with E-state index in [1.54, 1.807) is 0 Å². The van der Waals surface area contributed by atoms with E-state index in [9.17, 15) is 14.4 Å². The summed E-state index contributed by atoms with van der Waals surface area (Å²) in [5.74, 6) is -0.906. The molecule has 0 radical (unpaired) electrons. The second kappa shape index (κ2) is 6.29. The summed E-state index contributed by atoms with van der Waals surface area (Å²) in [5, 5.41) is 1.53. The number of benzene rings is 1. The molecule has 0 spiro atoms. The summed E-state index contributed by atoms with van der Waals surface area (Å²) in [5.41, 5.74) is 6.12. The van der Waals surface area contributed by atoms with Gasteiger partial charge in [0.2, 0.25) is 5.91 Å². The van der Waals surface area contributed by atoms with Crippen LogP contribution in [-0.4, -0.2) is 41.8 Å². The van der Waals surface area contributed by atoms with Gasteiger partial charge in [0.1, 0.15) is 0 Å². The van der Waals surface area contributed by atoms with Crippen LogP contribution in [0.2, 0.25) is 0 Å². The van der Waals surface area contributed by atoms with E-state index < -0.39 is 11.9 Å². The average Bonchev–Trinajstić information content (AvgIpc) is 2.70. The van der Waals surface area contributed by atoms with E-state index in [4.69, 9.17) is 5.73 Å². The number of hydrogen-bond acceptors (Lipinski definition) is 3. The Morgan fingerprint density at radius 2 is 2.00 bits per heavy atom. The first-order valence-electron chi connectivity index (χ1n) is 6.57. The largest absolute Gasteiger partial charge is 0.365 e. The fraction of sp³-hybridized carbons (Fsp3) is 0.357. The molecule has 106 valence electrons. The SMILES string of the molecule is NC(=O)C[NH2+][C@H]1CC(=O)N(CCc2ccccc2)C1=O. The number of carbonyl (C=O) groups is 3. The summed E-state index contributed by atoms with van der Waals surface area (Å²) in [6, 6.07) is 9.18. The Balaban J connectivity index is 1.90. The maximum absolute atomic E-state index is 12.1. The summed E-state index contributed by atoms with van der Waals surface area (Å²) in [4.78, 5) is 35.9. The van der Waals surface area contributed by atoms with Crippen molar-refractivity contribution in [3.8, 4) is 0 Å². The third-order valence-corrected chi connectivity index (χ3v) is 3.35. The van der Waals surface area contributed by atoms with Gasteiger partial charge in [-0.2, -0.15) is 0 Å². The van der Waals surface area contributed by atoms with Crippen molar-refractivity contribution >= 4 is 17.7 Å². The lowest BCUT2D eigenvalue weighted by molar-refractivity contribution is -0.664. The summed E-state index contributed by atoms with van der Waals surface area (Å²) >= 11 is 0. The second-order valence-corrected chi connectivity index (χ2v) is 4.84. The second-order valence-electron chi connectivity index (χ2n) is 4.84. The van der Waals surface area contributed by atoms with Gasteiger partial charge < -0.3 is 11.1 Å². The van der Waals surface area contributed by atoms with Gasteiger partial charge in [0, 0.05) is 6.54 Å². The Labute approximate surface area is 116 Å². The molecule has 1 atom stereocenters. The van der Waals surface area contributed by atoms with Gasteiger partial charge in [0.05, 0.1) is 6.42 Å². The molecule has 6 nitrogen and oxygen atoms in total. The van der Waals surface area contributed by atoms with Crippen molar-refractivity contribution in [2.75, 3.05) is 13.1 Å². The van der Waals surface area contributed by atoms with E-state index in [-0.39, 0.29) is 24.8 Å². The van der Waals surface area contributed by atoms with Crippen LogP contribution < -0.4 is 11.1 Å². The van der Waals surface area contributed by atoms with E-state index in [2.05, 4.69) is 0 Å². The molecule has 0 aliphatic carbocycles. The van der Waals surface area contributed by atoms with Crippen LogP contribution >= 0.6 is 0 Å². The fourth-order valence-corrected chi connectivity index (χ4v) is 2.27. The third-order valence-electron chi connectivity index (χ3n) is 3.35. The quantitative estimate of drug-likeness (QED) is 0.613. The standard InChI is InChI=1S/C14H17N3O3/c15-12(18)9-16-11-8-13(19)17(14(11)20)7-6-10-4-2-1-3-5-10/h1-5,11,16H,6-9H2,(H2,15,18)/p+1/t11-/m0/s1. The first-order valence-corrected chi connectivity index (χ1v) is 6.57. The number of imide groups is 1. The summed E-state index contributed by atoms with van der Waals surface area (Å²) in [6.07, 6.45) is 0.780. The fourth-order valence-electron chi connectivity index (χ4n) is 2.27. The molecule has 1 aliphatic rings. The highest BCUT2D eigenvalue weighted by Crippen LogP contribution is 2.11. The van der Waals surface area contributed by atoms with Gasteiger partial charge >= 0.3 is 0 Å². The number of nitrogens with two attached hydrogens (primary N) is 2. The molecule has 2 rings (SSSR count). The molecule has 1 aromatic rings. The lowest BCUT2D eigenvalue weighted by Gasteiger charge is -2.13. The van der Waals surface area contributed by atoms with Crippen LogP contribution in [0.4, 0.5) is 0 Å². The summed E-state index contributed by atoms with van der Waals surface area (Å²) in [7, 11) is 0. The molecule has 0 saturated carbocycles.